The summed E-state index contributed by atoms with van der Waals surface area (Å²) in [6, 6.07) is 16.4. The van der Waals surface area contributed by atoms with Crippen LogP contribution in [0.3, 0.4) is 0 Å². The van der Waals surface area contributed by atoms with Crippen LogP contribution < -0.4 is 10.6 Å². The van der Waals surface area contributed by atoms with Crippen LogP contribution in [0.25, 0.3) is 0 Å². The van der Waals surface area contributed by atoms with Crippen LogP contribution in [0.5, 0.6) is 0 Å². The van der Waals surface area contributed by atoms with Gasteiger partial charge in [-0.3, -0.25) is 0 Å². The number of benzene rings is 2. The smallest absolute Gasteiger partial charge is 0.170 e. The molecule has 4 heteroatoms. The second-order valence-electron chi connectivity index (χ2n) is 5.91. The lowest BCUT2D eigenvalue weighted by Gasteiger charge is -2.15. The van der Waals surface area contributed by atoms with E-state index in [-0.39, 0.29) is 6.10 Å². The van der Waals surface area contributed by atoms with E-state index in [4.69, 9.17) is 17.0 Å². The highest BCUT2D eigenvalue weighted by Gasteiger charge is 2.05. The van der Waals surface area contributed by atoms with Gasteiger partial charge in [-0.1, -0.05) is 42.5 Å². The fourth-order valence-electron chi connectivity index (χ4n) is 2.41. The van der Waals surface area contributed by atoms with Gasteiger partial charge < -0.3 is 15.4 Å². The number of hydrogen-bond acceptors (Lipinski definition) is 2. The van der Waals surface area contributed by atoms with Crippen molar-refractivity contribution >= 4 is 23.0 Å². The van der Waals surface area contributed by atoms with Gasteiger partial charge >= 0.3 is 0 Å². The number of aryl methyl sites for hydroxylation is 1. The van der Waals surface area contributed by atoms with E-state index >= 15 is 0 Å². The molecule has 0 aliphatic carbocycles. The minimum atomic E-state index is 0.117. The minimum absolute atomic E-state index is 0.117. The molecule has 0 unspecified atom stereocenters. The third-order valence-corrected chi connectivity index (χ3v) is 4.34. The molecule has 0 fully saturated rings. The van der Waals surface area contributed by atoms with Crippen molar-refractivity contribution in [3.8, 4) is 0 Å². The first-order valence-electron chi connectivity index (χ1n) is 8.35. The van der Waals surface area contributed by atoms with Crippen LogP contribution in [0.15, 0.2) is 48.5 Å². The largest absolute Gasteiger partial charge is 0.374 e. The normalized spacial score (nSPS) is 11.8. The van der Waals surface area contributed by atoms with Crippen LogP contribution in [0.2, 0.25) is 0 Å². The molecule has 0 spiro atoms. The lowest BCUT2D eigenvalue weighted by Crippen LogP contribution is -2.30. The molecule has 0 bridgehead atoms. The first-order valence-corrected chi connectivity index (χ1v) is 8.76. The molecule has 0 aromatic heterocycles. The summed E-state index contributed by atoms with van der Waals surface area (Å²) in [6.45, 7) is 7.77. The molecule has 0 saturated heterocycles. The van der Waals surface area contributed by atoms with Gasteiger partial charge in [0.15, 0.2) is 5.11 Å². The fraction of sp³-hybridized carbons (Fsp3) is 0.350. The molecule has 0 aliphatic rings. The average molecular weight is 343 g/mol. The zero-order valence-corrected chi connectivity index (χ0v) is 15.5. The molecule has 0 radical (unpaired) electrons. The molecule has 24 heavy (non-hydrogen) atoms. The topological polar surface area (TPSA) is 33.3 Å². The predicted molar refractivity (Wildman–Crippen MR) is 106 cm³/mol. The summed E-state index contributed by atoms with van der Waals surface area (Å²) in [4.78, 5) is 0. The van der Waals surface area contributed by atoms with Gasteiger partial charge in [0.2, 0.25) is 0 Å². The van der Waals surface area contributed by atoms with E-state index in [9.17, 15) is 0 Å². The highest BCUT2D eigenvalue weighted by atomic mass is 32.1. The van der Waals surface area contributed by atoms with Gasteiger partial charge in [-0.25, -0.2) is 0 Å². The molecule has 2 aromatic carbocycles. The molecule has 2 rings (SSSR count). The predicted octanol–water partition coefficient (Wildman–Crippen LogP) is 4.76. The van der Waals surface area contributed by atoms with Crippen LogP contribution in [0.1, 0.15) is 36.1 Å². The second-order valence-corrected chi connectivity index (χ2v) is 6.31. The third-order valence-electron chi connectivity index (χ3n) is 4.10. The van der Waals surface area contributed by atoms with Gasteiger partial charge in [0.25, 0.3) is 0 Å². The van der Waals surface area contributed by atoms with E-state index in [1.165, 1.54) is 16.7 Å². The van der Waals surface area contributed by atoms with Crippen molar-refractivity contribution in [2.75, 3.05) is 18.5 Å². The van der Waals surface area contributed by atoms with Crippen molar-refractivity contribution in [3.05, 3.63) is 65.2 Å². The van der Waals surface area contributed by atoms with Crippen molar-refractivity contribution in [1.29, 1.82) is 0 Å². The van der Waals surface area contributed by atoms with E-state index < -0.39 is 0 Å². The summed E-state index contributed by atoms with van der Waals surface area (Å²) in [5.74, 6) is 0. The van der Waals surface area contributed by atoms with Crippen molar-refractivity contribution in [3.63, 3.8) is 0 Å². The third kappa shape index (κ3) is 5.62. The van der Waals surface area contributed by atoms with Crippen LogP contribution in [-0.2, 0) is 4.74 Å². The molecule has 0 saturated carbocycles. The first kappa shape index (κ1) is 18.4. The quantitative estimate of drug-likeness (QED) is 0.561. The maximum atomic E-state index is 5.86. The van der Waals surface area contributed by atoms with Gasteiger partial charge in [-0.15, -0.1) is 0 Å². The van der Waals surface area contributed by atoms with Gasteiger partial charge in [-0.05, 0) is 62.2 Å². The highest BCUT2D eigenvalue weighted by Crippen LogP contribution is 2.18. The van der Waals surface area contributed by atoms with Crippen LogP contribution in [0, 0.1) is 13.8 Å². The van der Waals surface area contributed by atoms with Crippen molar-refractivity contribution in [2.24, 2.45) is 0 Å². The molecule has 0 amide bonds. The van der Waals surface area contributed by atoms with E-state index in [0.29, 0.717) is 11.7 Å². The molecular formula is C20H26N2OS. The maximum Gasteiger partial charge on any atom is 0.170 e. The minimum Gasteiger partial charge on any atom is -0.374 e. The molecule has 2 aromatic rings. The fourth-order valence-corrected chi connectivity index (χ4v) is 2.62. The standard InChI is InChI=1S/C20H26N2OS/c1-15-9-7-12-19(16(15)2)22-20(24)21-13-8-14-23-17(3)18-10-5-4-6-11-18/h4-7,9-12,17H,8,13-14H2,1-3H3,(H2,21,22,24)/t17-/m1/s1. The zero-order chi connectivity index (χ0) is 17.4. The molecule has 1 atom stereocenters. The van der Waals surface area contributed by atoms with E-state index in [1.807, 2.05) is 30.3 Å². The Morgan fingerprint density at radius 3 is 2.58 bits per heavy atom. The summed E-state index contributed by atoms with van der Waals surface area (Å²) in [5.41, 5.74) is 4.74. The number of thiocarbonyl (C=S) groups is 1. The number of ether oxygens (including phenoxy) is 1. The van der Waals surface area contributed by atoms with Gasteiger partial charge in [0.05, 0.1) is 6.10 Å². The summed E-state index contributed by atoms with van der Waals surface area (Å²) >= 11 is 5.35. The Morgan fingerprint density at radius 1 is 1.08 bits per heavy atom. The van der Waals surface area contributed by atoms with Crippen LogP contribution in [0.4, 0.5) is 5.69 Å². The zero-order valence-electron chi connectivity index (χ0n) is 14.6. The van der Waals surface area contributed by atoms with E-state index in [1.54, 1.807) is 0 Å². The number of hydrogen-bond donors (Lipinski definition) is 2. The van der Waals surface area contributed by atoms with Gasteiger partial charge in [0.1, 0.15) is 0 Å². The lowest BCUT2D eigenvalue weighted by molar-refractivity contribution is 0.0646. The Balaban J connectivity index is 1.65. The van der Waals surface area contributed by atoms with Crippen LogP contribution in [-0.4, -0.2) is 18.3 Å². The highest BCUT2D eigenvalue weighted by molar-refractivity contribution is 7.80. The van der Waals surface area contributed by atoms with E-state index in [2.05, 4.69) is 49.6 Å². The lowest BCUT2D eigenvalue weighted by atomic mass is 10.1. The maximum absolute atomic E-state index is 5.86. The Morgan fingerprint density at radius 2 is 1.83 bits per heavy atom. The Hall–Kier alpha value is -1.91. The average Bonchev–Trinajstić information content (AvgIpc) is 2.59. The van der Waals surface area contributed by atoms with E-state index in [0.717, 1.165) is 18.7 Å². The molecule has 3 nitrogen and oxygen atoms in total. The van der Waals surface area contributed by atoms with Crippen molar-refractivity contribution < 1.29 is 4.74 Å². The first-order chi connectivity index (χ1) is 11.6. The molecule has 128 valence electrons. The van der Waals surface area contributed by atoms with Crippen molar-refractivity contribution in [2.45, 2.75) is 33.3 Å². The summed E-state index contributed by atoms with van der Waals surface area (Å²) in [7, 11) is 0. The monoisotopic (exact) mass is 342 g/mol. The number of anilines is 1. The molecular weight excluding hydrogens is 316 g/mol. The van der Waals surface area contributed by atoms with Crippen LogP contribution >= 0.6 is 12.2 Å². The Kier molecular flexibility index (Phi) is 7.22. The number of nitrogens with one attached hydrogen (secondary N) is 2. The Labute approximate surface area is 150 Å². The molecule has 0 heterocycles. The summed E-state index contributed by atoms with van der Waals surface area (Å²) in [5, 5.41) is 7.14. The summed E-state index contributed by atoms with van der Waals surface area (Å²) < 4.78 is 5.86. The SMILES string of the molecule is Cc1cccc(NC(=S)NCCCO[C@H](C)c2ccccc2)c1C. The Bertz CT molecular complexity index is 658. The second kappa shape index (κ2) is 9.40. The molecule has 2 N–H and O–H groups in total. The van der Waals surface area contributed by atoms with Gasteiger partial charge in [0, 0.05) is 18.8 Å². The number of rotatable bonds is 7. The van der Waals surface area contributed by atoms with Gasteiger partial charge in [-0.2, -0.15) is 0 Å². The summed E-state index contributed by atoms with van der Waals surface area (Å²) in [6.07, 6.45) is 1.03. The van der Waals surface area contributed by atoms with Crippen molar-refractivity contribution in [1.82, 2.24) is 5.32 Å². The molecule has 0 aliphatic heterocycles.